The highest BCUT2D eigenvalue weighted by Gasteiger charge is 2.37. The zero-order valence-electron chi connectivity index (χ0n) is 19.9. The van der Waals surface area contributed by atoms with Crippen molar-refractivity contribution in [2.75, 3.05) is 13.2 Å². The first-order valence-electron chi connectivity index (χ1n) is 13.5. The van der Waals surface area contributed by atoms with Gasteiger partial charge in [0.15, 0.2) is 6.29 Å². The molecule has 0 radical (unpaired) electrons. The molecule has 4 aliphatic rings. The molecule has 4 rings (SSSR count). The molecule has 182 valence electrons. The Bertz CT molecular complexity index is 585. The van der Waals surface area contributed by atoms with Crippen LogP contribution in [0.25, 0.3) is 0 Å². The van der Waals surface area contributed by atoms with Crippen molar-refractivity contribution < 1.29 is 18.3 Å². The lowest BCUT2D eigenvalue weighted by Gasteiger charge is -2.42. The van der Waals surface area contributed by atoms with Crippen molar-refractivity contribution in [1.82, 2.24) is 0 Å². The van der Waals surface area contributed by atoms with Gasteiger partial charge >= 0.3 is 0 Å². The Labute approximate surface area is 194 Å². The Hall–Kier alpha value is -0.740. The lowest BCUT2D eigenvalue weighted by Crippen LogP contribution is -2.41. The maximum absolute atomic E-state index is 12.2. The molecule has 1 saturated heterocycles. The van der Waals surface area contributed by atoms with Crippen LogP contribution in [0, 0.1) is 41.4 Å². The SMILES string of the molecule is C=CC1CCC(C2OCC(C3CCC(C4CCC(CCC=C(F)F)CC4)CC3)CO2)CC1. The van der Waals surface area contributed by atoms with Gasteiger partial charge in [0.25, 0.3) is 6.08 Å². The number of allylic oxidation sites excluding steroid dienone is 2. The highest BCUT2D eigenvalue weighted by Crippen LogP contribution is 2.44. The molecule has 0 N–H and O–H groups in total. The predicted octanol–water partition coefficient (Wildman–Crippen LogP) is 8.14. The molecule has 0 amide bonds. The number of halogens is 2. The molecule has 0 aromatic rings. The summed E-state index contributed by atoms with van der Waals surface area (Å²) in [7, 11) is 0. The Morgan fingerprint density at radius 3 is 1.72 bits per heavy atom. The predicted molar refractivity (Wildman–Crippen MR) is 125 cm³/mol. The normalized spacial score (nSPS) is 41.1. The van der Waals surface area contributed by atoms with Gasteiger partial charge in [-0.2, -0.15) is 8.78 Å². The largest absolute Gasteiger partial charge is 0.352 e. The van der Waals surface area contributed by atoms with Crippen LogP contribution < -0.4 is 0 Å². The first kappa shape index (κ1) is 24.4. The summed E-state index contributed by atoms with van der Waals surface area (Å²) in [5.74, 6) is 5.03. The van der Waals surface area contributed by atoms with Gasteiger partial charge in [-0.25, -0.2) is 0 Å². The standard InChI is InChI=1S/C28H44F2O2/c1-2-20-6-12-25(13-7-20)28-31-18-26(19-32-28)24-16-14-23(15-17-24)22-10-8-21(9-11-22)4-3-5-27(29)30/h2,5,20-26,28H,1,3-4,6-19H2. The molecular formula is C28H44F2O2. The molecule has 0 bridgehead atoms. The van der Waals surface area contributed by atoms with E-state index in [4.69, 9.17) is 9.47 Å². The van der Waals surface area contributed by atoms with Crippen molar-refractivity contribution in [2.24, 2.45) is 41.4 Å². The van der Waals surface area contributed by atoms with E-state index in [1.165, 1.54) is 77.0 Å². The minimum atomic E-state index is -1.52. The highest BCUT2D eigenvalue weighted by atomic mass is 19.3. The van der Waals surface area contributed by atoms with Crippen LogP contribution in [0.4, 0.5) is 8.78 Å². The molecule has 2 nitrogen and oxygen atoms in total. The number of rotatable bonds is 7. The summed E-state index contributed by atoms with van der Waals surface area (Å²) in [5, 5.41) is 0. The van der Waals surface area contributed by atoms with Gasteiger partial charge in [0, 0.05) is 11.8 Å². The summed E-state index contributed by atoms with van der Waals surface area (Å²) >= 11 is 0. The summed E-state index contributed by atoms with van der Waals surface area (Å²) in [6, 6.07) is 0. The lowest BCUT2D eigenvalue weighted by molar-refractivity contribution is -0.237. The summed E-state index contributed by atoms with van der Waals surface area (Å²) in [6.45, 7) is 5.73. The van der Waals surface area contributed by atoms with Gasteiger partial charge in [-0.05, 0) is 113 Å². The van der Waals surface area contributed by atoms with Crippen LogP contribution >= 0.6 is 0 Å². The maximum Gasteiger partial charge on any atom is 0.266 e. The second kappa shape index (κ2) is 12.1. The number of hydrogen-bond donors (Lipinski definition) is 0. The average molecular weight is 451 g/mol. The zero-order chi connectivity index (χ0) is 22.3. The molecule has 4 heteroatoms. The Kier molecular flexibility index (Phi) is 9.23. The molecule has 4 fully saturated rings. The van der Waals surface area contributed by atoms with E-state index in [0.717, 1.165) is 43.5 Å². The molecule has 1 aliphatic heterocycles. The molecule has 32 heavy (non-hydrogen) atoms. The van der Waals surface area contributed by atoms with Crippen molar-refractivity contribution in [2.45, 2.75) is 96.2 Å². The monoisotopic (exact) mass is 450 g/mol. The van der Waals surface area contributed by atoms with Gasteiger partial charge in [-0.1, -0.05) is 18.9 Å². The van der Waals surface area contributed by atoms with Gasteiger partial charge in [0.1, 0.15) is 0 Å². The number of hydrogen-bond acceptors (Lipinski definition) is 2. The van der Waals surface area contributed by atoms with Crippen molar-refractivity contribution in [3.05, 3.63) is 24.8 Å². The minimum absolute atomic E-state index is 0.0282. The van der Waals surface area contributed by atoms with E-state index in [2.05, 4.69) is 12.7 Å². The fraction of sp³-hybridized carbons (Fsp3) is 0.857. The van der Waals surface area contributed by atoms with E-state index in [1.54, 1.807) is 0 Å². The number of ether oxygens (including phenoxy) is 2. The van der Waals surface area contributed by atoms with Crippen LogP contribution in [0.5, 0.6) is 0 Å². The topological polar surface area (TPSA) is 18.5 Å². The molecule has 0 unspecified atom stereocenters. The van der Waals surface area contributed by atoms with Crippen molar-refractivity contribution in [3.63, 3.8) is 0 Å². The fourth-order valence-corrected chi connectivity index (χ4v) is 7.19. The van der Waals surface area contributed by atoms with Crippen LogP contribution in [0.1, 0.15) is 89.9 Å². The molecular weight excluding hydrogens is 406 g/mol. The summed E-state index contributed by atoms with van der Waals surface area (Å²) in [6.07, 6.45) is 18.6. The average Bonchev–Trinajstić information content (AvgIpc) is 2.85. The molecule has 0 spiro atoms. The second-order valence-corrected chi connectivity index (χ2v) is 11.2. The summed E-state index contributed by atoms with van der Waals surface area (Å²) in [5.41, 5.74) is 0. The van der Waals surface area contributed by atoms with E-state index in [-0.39, 0.29) is 6.29 Å². The van der Waals surface area contributed by atoms with E-state index in [0.29, 0.717) is 30.1 Å². The van der Waals surface area contributed by atoms with Gasteiger partial charge in [-0.3, -0.25) is 0 Å². The fourth-order valence-electron chi connectivity index (χ4n) is 7.19. The van der Waals surface area contributed by atoms with Gasteiger partial charge in [-0.15, -0.1) is 6.58 Å². The van der Waals surface area contributed by atoms with Crippen LogP contribution in [-0.4, -0.2) is 19.5 Å². The van der Waals surface area contributed by atoms with Gasteiger partial charge < -0.3 is 9.47 Å². The Morgan fingerprint density at radius 1 is 0.688 bits per heavy atom. The van der Waals surface area contributed by atoms with Crippen molar-refractivity contribution >= 4 is 0 Å². The Morgan fingerprint density at radius 2 is 1.19 bits per heavy atom. The first-order valence-corrected chi connectivity index (χ1v) is 13.5. The Balaban J connectivity index is 1.12. The van der Waals surface area contributed by atoms with Crippen molar-refractivity contribution in [1.29, 1.82) is 0 Å². The van der Waals surface area contributed by atoms with Crippen molar-refractivity contribution in [3.8, 4) is 0 Å². The molecule has 3 aliphatic carbocycles. The summed E-state index contributed by atoms with van der Waals surface area (Å²) in [4.78, 5) is 0. The first-order chi connectivity index (χ1) is 15.6. The van der Waals surface area contributed by atoms with Crippen LogP contribution in [0.2, 0.25) is 0 Å². The smallest absolute Gasteiger partial charge is 0.266 e. The van der Waals surface area contributed by atoms with Gasteiger partial charge in [0.2, 0.25) is 0 Å². The highest BCUT2D eigenvalue weighted by molar-refractivity contribution is 4.88. The molecule has 0 aromatic heterocycles. The van der Waals surface area contributed by atoms with Crippen LogP contribution in [0.15, 0.2) is 24.8 Å². The quantitative estimate of drug-likeness (QED) is 0.364. The minimum Gasteiger partial charge on any atom is -0.352 e. The van der Waals surface area contributed by atoms with E-state index in [1.807, 2.05) is 0 Å². The maximum atomic E-state index is 12.2. The third kappa shape index (κ3) is 6.65. The molecule has 3 saturated carbocycles. The van der Waals surface area contributed by atoms with Crippen LogP contribution in [0.3, 0.4) is 0 Å². The van der Waals surface area contributed by atoms with Crippen LogP contribution in [-0.2, 0) is 9.47 Å². The molecule has 1 heterocycles. The van der Waals surface area contributed by atoms with E-state index < -0.39 is 6.08 Å². The van der Waals surface area contributed by atoms with E-state index >= 15 is 0 Å². The lowest BCUT2D eigenvalue weighted by atomic mass is 9.67. The molecule has 0 atom stereocenters. The summed E-state index contributed by atoms with van der Waals surface area (Å²) < 4.78 is 37.0. The van der Waals surface area contributed by atoms with Gasteiger partial charge in [0.05, 0.1) is 13.2 Å². The molecule has 0 aromatic carbocycles. The third-order valence-corrected chi connectivity index (χ3v) is 9.40. The zero-order valence-corrected chi connectivity index (χ0v) is 19.9. The second-order valence-electron chi connectivity index (χ2n) is 11.2. The third-order valence-electron chi connectivity index (χ3n) is 9.40. The van der Waals surface area contributed by atoms with E-state index in [9.17, 15) is 8.78 Å².